The molecule has 2 aliphatic rings. The quantitative estimate of drug-likeness (QED) is 0.342. The van der Waals surface area contributed by atoms with Gasteiger partial charge in [0.2, 0.25) is 0 Å². The number of hydrogen-bond acceptors (Lipinski definition) is 0. The van der Waals surface area contributed by atoms with Gasteiger partial charge in [-0.25, -0.2) is 8.78 Å². The molecule has 156 valence electrons. The van der Waals surface area contributed by atoms with Crippen molar-refractivity contribution in [3.63, 3.8) is 0 Å². The van der Waals surface area contributed by atoms with E-state index in [1.807, 2.05) is 0 Å². The zero-order valence-corrected chi connectivity index (χ0v) is 18.8. The lowest BCUT2D eigenvalue weighted by molar-refractivity contribution is 0.244. The highest BCUT2D eigenvalue weighted by atomic mass is 35.6. The van der Waals surface area contributed by atoms with Crippen LogP contribution in [0.25, 0.3) is 0 Å². The van der Waals surface area contributed by atoms with Gasteiger partial charge < -0.3 is 0 Å². The van der Waals surface area contributed by atoms with Crippen molar-refractivity contribution in [1.82, 2.24) is 0 Å². The molecule has 1 saturated carbocycles. The maximum atomic E-state index is 13.4. The molecule has 2 unspecified atom stereocenters. The van der Waals surface area contributed by atoms with E-state index < -0.39 is 19.0 Å². The van der Waals surface area contributed by atoms with Crippen molar-refractivity contribution in [2.45, 2.75) is 69.4 Å². The minimum atomic E-state index is -1.94. The van der Waals surface area contributed by atoms with E-state index >= 15 is 0 Å². The largest absolute Gasteiger partial charge is 0.204 e. The van der Waals surface area contributed by atoms with E-state index in [-0.39, 0.29) is 0 Å². The van der Waals surface area contributed by atoms with Gasteiger partial charge in [0.25, 0.3) is 0 Å². The Balaban J connectivity index is 1.35. The average Bonchev–Trinajstić information content (AvgIpc) is 2.76. The first kappa shape index (κ1) is 21.1. The Labute approximate surface area is 179 Å². The van der Waals surface area contributed by atoms with Gasteiger partial charge in [0.15, 0.2) is 19.0 Å². The minimum Gasteiger partial charge on any atom is -0.204 e. The lowest BCUT2D eigenvalue weighted by Crippen LogP contribution is -2.51. The van der Waals surface area contributed by atoms with Crippen LogP contribution in [0.1, 0.15) is 56.9 Å². The number of rotatable bonds is 5. The third-order valence-corrected chi connectivity index (χ3v) is 13.8. The van der Waals surface area contributed by atoms with E-state index in [2.05, 4.69) is 30.3 Å². The molecule has 0 nitrogen and oxygen atoms in total. The summed E-state index contributed by atoms with van der Waals surface area (Å²) >= 11 is 7.48. The van der Waals surface area contributed by atoms with Crippen LogP contribution in [0.2, 0.25) is 11.6 Å². The normalized spacial score (nSPS) is 30.2. The second kappa shape index (κ2) is 9.30. The number of hydrogen-bond donors (Lipinski definition) is 0. The van der Waals surface area contributed by atoms with Crippen molar-refractivity contribution >= 4 is 23.6 Å². The SMILES string of the molecule is Fc1ccc(CCC2CCC(C3CCCC[Si]3(Cl)c3ccccc3)CC2)cc1F. The molecule has 0 aromatic heterocycles. The summed E-state index contributed by atoms with van der Waals surface area (Å²) in [7, 11) is -1.94. The Morgan fingerprint density at radius 3 is 2.34 bits per heavy atom. The van der Waals surface area contributed by atoms with Gasteiger partial charge in [-0.3, -0.25) is 0 Å². The maximum absolute atomic E-state index is 13.4. The molecule has 2 atom stereocenters. The van der Waals surface area contributed by atoms with Crippen molar-refractivity contribution in [3.8, 4) is 0 Å². The summed E-state index contributed by atoms with van der Waals surface area (Å²) in [4.78, 5) is 0. The van der Waals surface area contributed by atoms with Crippen LogP contribution in [0, 0.1) is 23.5 Å². The van der Waals surface area contributed by atoms with E-state index in [1.54, 1.807) is 6.07 Å². The molecule has 0 N–H and O–H groups in total. The van der Waals surface area contributed by atoms with E-state index in [0.29, 0.717) is 11.5 Å². The van der Waals surface area contributed by atoms with Gasteiger partial charge in [0, 0.05) is 0 Å². The summed E-state index contributed by atoms with van der Waals surface area (Å²) in [6.45, 7) is 0. The molecule has 4 rings (SSSR count). The van der Waals surface area contributed by atoms with E-state index in [0.717, 1.165) is 24.3 Å². The third kappa shape index (κ3) is 4.77. The van der Waals surface area contributed by atoms with Gasteiger partial charge in [-0.15, -0.1) is 0 Å². The predicted molar refractivity (Wildman–Crippen MR) is 120 cm³/mol. The Morgan fingerprint density at radius 2 is 1.62 bits per heavy atom. The number of aryl methyl sites for hydroxylation is 1. The van der Waals surface area contributed by atoms with Gasteiger partial charge >= 0.3 is 0 Å². The second-order valence-corrected chi connectivity index (χ2v) is 14.7. The van der Waals surface area contributed by atoms with Crippen molar-refractivity contribution in [3.05, 3.63) is 65.7 Å². The first-order chi connectivity index (χ1) is 14.1. The highest BCUT2D eigenvalue weighted by Crippen LogP contribution is 2.50. The van der Waals surface area contributed by atoms with E-state index in [1.165, 1.54) is 68.3 Å². The molecule has 29 heavy (non-hydrogen) atoms. The fourth-order valence-corrected chi connectivity index (χ4v) is 11.8. The molecule has 0 spiro atoms. The van der Waals surface area contributed by atoms with Crippen LogP contribution in [0.15, 0.2) is 48.5 Å². The van der Waals surface area contributed by atoms with Crippen molar-refractivity contribution < 1.29 is 8.78 Å². The van der Waals surface area contributed by atoms with Crippen LogP contribution in [-0.4, -0.2) is 7.38 Å². The molecule has 2 aromatic carbocycles. The van der Waals surface area contributed by atoms with Gasteiger partial charge in [0.1, 0.15) is 0 Å². The van der Waals surface area contributed by atoms with Crippen LogP contribution in [-0.2, 0) is 6.42 Å². The van der Waals surface area contributed by atoms with Crippen LogP contribution >= 0.6 is 11.1 Å². The van der Waals surface area contributed by atoms with E-state index in [9.17, 15) is 8.78 Å². The summed E-state index contributed by atoms with van der Waals surface area (Å²) < 4.78 is 26.5. The molecule has 0 radical (unpaired) electrons. The van der Waals surface area contributed by atoms with Crippen molar-refractivity contribution in [1.29, 1.82) is 0 Å². The maximum Gasteiger partial charge on any atom is 0.190 e. The first-order valence-electron chi connectivity index (χ1n) is 11.2. The molecule has 1 aliphatic carbocycles. The van der Waals surface area contributed by atoms with Crippen molar-refractivity contribution in [2.75, 3.05) is 0 Å². The molecule has 4 heteroatoms. The number of benzene rings is 2. The zero-order chi connectivity index (χ0) is 20.3. The minimum absolute atomic E-state index is 0.700. The van der Waals surface area contributed by atoms with Gasteiger partial charge in [0.05, 0.1) is 0 Å². The standard InChI is InChI=1S/C25H31ClF2Si/c26-29(22-6-2-1-3-7-22)17-5-4-8-25(29)21-14-11-19(12-15-21)9-10-20-13-16-23(27)24(28)18-20/h1-3,6-7,13,16,18-19,21,25H,4-5,8-12,14-15,17H2. The summed E-state index contributed by atoms with van der Waals surface area (Å²) in [5, 5.41) is 1.44. The lowest BCUT2D eigenvalue weighted by atomic mass is 9.77. The summed E-state index contributed by atoms with van der Waals surface area (Å²) in [5.74, 6) is -0.0213. The van der Waals surface area contributed by atoms with Crippen molar-refractivity contribution in [2.24, 2.45) is 11.8 Å². The smallest absolute Gasteiger partial charge is 0.190 e. The first-order valence-corrected chi connectivity index (χ1v) is 14.5. The molecule has 2 aromatic rings. The van der Waals surface area contributed by atoms with Gasteiger partial charge in [-0.1, -0.05) is 81.3 Å². The van der Waals surface area contributed by atoms with Gasteiger partial charge in [-0.2, -0.15) is 11.1 Å². The van der Waals surface area contributed by atoms with E-state index in [4.69, 9.17) is 11.1 Å². The topological polar surface area (TPSA) is 0 Å². The van der Waals surface area contributed by atoms with Crippen LogP contribution in [0.4, 0.5) is 8.78 Å². The third-order valence-electron chi connectivity index (χ3n) is 7.43. The lowest BCUT2D eigenvalue weighted by Gasteiger charge is -2.44. The Morgan fingerprint density at radius 1 is 0.862 bits per heavy atom. The fraction of sp³-hybridized carbons (Fsp3) is 0.520. The summed E-state index contributed by atoms with van der Waals surface area (Å²) in [6.07, 6.45) is 10.9. The van der Waals surface area contributed by atoms with Crippen LogP contribution < -0.4 is 5.19 Å². The predicted octanol–water partition coefficient (Wildman–Crippen LogP) is 7.35. The van der Waals surface area contributed by atoms with Crippen LogP contribution in [0.3, 0.4) is 0 Å². The molecule has 0 bridgehead atoms. The summed E-state index contributed by atoms with van der Waals surface area (Å²) in [6, 6.07) is 16.5. The summed E-state index contributed by atoms with van der Waals surface area (Å²) in [5.41, 5.74) is 1.61. The zero-order valence-electron chi connectivity index (χ0n) is 17.1. The monoisotopic (exact) mass is 432 g/mol. The Hall–Kier alpha value is -1.19. The highest BCUT2D eigenvalue weighted by Gasteiger charge is 2.47. The van der Waals surface area contributed by atoms with Gasteiger partial charge in [-0.05, 0) is 59.1 Å². The molecule has 1 aliphatic heterocycles. The second-order valence-electron chi connectivity index (χ2n) is 9.15. The molecule has 0 amide bonds. The number of halogens is 3. The molecular formula is C25H31ClF2Si. The molecule has 1 heterocycles. The Bertz CT molecular complexity index is 804. The highest BCUT2D eigenvalue weighted by molar-refractivity contribution is 7.28. The molecule has 1 saturated heterocycles. The Kier molecular flexibility index (Phi) is 6.75. The average molecular weight is 433 g/mol. The van der Waals surface area contributed by atoms with Crippen LogP contribution in [0.5, 0.6) is 0 Å². The molecular weight excluding hydrogens is 402 g/mol. The molecule has 2 fully saturated rings. The fourth-order valence-electron chi connectivity index (χ4n) is 5.79.